The first-order chi connectivity index (χ1) is 10.5. The number of hydrogen-bond donors (Lipinski definition) is 2. The Hall–Kier alpha value is -1.68. The maximum atomic E-state index is 12.7. The number of nitrogens with one attached hydrogen (secondary N) is 1. The molecule has 2 aliphatic carbocycles. The molecule has 4 nitrogen and oxygen atoms in total. The molecule has 1 aromatic carbocycles. The van der Waals surface area contributed by atoms with E-state index in [1.807, 2.05) is 18.2 Å². The maximum Gasteiger partial charge on any atom is 0.147 e. The van der Waals surface area contributed by atoms with Gasteiger partial charge in [-0.2, -0.15) is 0 Å². The van der Waals surface area contributed by atoms with Gasteiger partial charge in [0.2, 0.25) is 0 Å². The van der Waals surface area contributed by atoms with Gasteiger partial charge < -0.3 is 10.1 Å². The molecular weight excluding hydrogens is 276 g/mol. The van der Waals surface area contributed by atoms with E-state index in [0.29, 0.717) is 24.5 Å². The quantitative estimate of drug-likeness (QED) is 0.915. The highest BCUT2D eigenvalue weighted by molar-refractivity contribution is 5.95. The number of aliphatic hydroxyl groups excluding tert-OH is 1. The zero-order valence-corrected chi connectivity index (χ0v) is 13.1. The molecule has 2 atom stereocenters. The first kappa shape index (κ1) is 13.9. The molecular formula is C18H22N2O2. The highest BCUT2D eigenvalue weighted by Crippen LogP contribution is 2.64. The van der Waals surface area contributed by atoms with Gasteiger partial charge in [0.1, 0.15) is 11.6 Å². The Morgan fingerprint density at radius 1 is 1.41 bits per heavy atom. The van der Waals surface area contributed by atoms with E-state index in [9.17, 15) is 4.79 Å². The van der Waals surface area contributed by atoms with Crippen LogP contribution in [0.15, 0.2) is 18.2 Å². The molecule has 2 unspecified atom stereocenters. The summed E-state index contributed by atoms with van der Waals surface area (Å²) in [6.45, 7) is 4.59. The Morgan fingerprint density at radius 3 is 2.86 bits per heavy atom. The predicted molar refractivity (Wildman–Crippen MR) is 84.7 cm³/mol. The average Bonchev–Trinajstić information content (AvgIpc) is 3.06. The van der Waals surface area contributed by atoms with E-state index in [2.05, 4.69) is 18.8 Å². The van der Waals surface area contributed by atoms with Crippen molar-refractivity contribution >= 4 is 16.8 Å². The zero-order valence-electron chi connectivity index (χ0n) is 13.1. The first-order valence-corrected chi connectivity index (χ1v) is 8.12. The van der Waals surface area contributed by atoms with Crippen molar-refractivity contribution in [1.82, 2.24) is 9.97 Å². The second kappa shape index (κ2) is 4.42. The number of imidazole rings is 1. The molecule has 2 saturated carbocycles. The monoisotopic (exact) mass is 298 g/mol. The topological polar surface area (TPSA) is 66.0 Å². The van der Waals surface area contributed by atoms with E-state index in [-0.39, 0.29) is 12.0 Å². The standard InChI is InChI=1S/C18H22N2O2/c1-17(2)12-5-7-18(17,15(22)10-12)16-19-13-4-3-11(6-8-21)9-14(13)20-16/h3-4,9,12,21H,5-8,10H2,1-2H3,(H,19,20). The molecule has 2 aromatic rings. The fourth-order valence-corrected chi connectivity index (χ4v) is 4.78. The molecule has 0 radical (unpaired) electrons. The third-order valence-electron chi connectivity index (χ3n) is 6.25. The van der Waals surface area contributed by atoms with Crippen LogP contribution in [0.5, 0.6) is 0 Å². The molecule has 2 N–H and O–H groups in total. The van der Waals surface area contributed by atoms with Crippen molar-refractivity contribution in [1.29, 1.82) is 0 Å². The van der Waals surface area contributed by atoms with Crippen LogP contribution in [0.2, 0.25) is 0 Å². The highest BCUT2D eigenvalue weighted by atomic mass is 16.2. The Balaban J connectivity index is 1.85. The number of nitrogens with zero attached hydrogens (tertiary/aromatic N) is 1. The van der Waals surface area contributed by atoms with Crippen LogP contribution in [0, 0.1) is 11.3 Å². The number of ketones is 1. The van der Waals surface area contributed by atoms with Crippen LogP contribution in [0.1, 0.15) is 44.5 Å². The predicted octanol–water partition coefficient (Wildman–Crippen LogP) is 2.74. The van der Waals surface area contributed by atoms with Crippen LogP contribution in [0.3, 0.4) is 0 Å². The number of aliphatic hydroxyl groups is 1. The number of carbonyl (C=O) groups is 1. The summed E-state index contributed by atoms with van der Waals surface area (Å²) in [5.74, 6) is 1.68. The summed E-state index contributed by atoms with van der Waals surface area (Å²) < 4.78 is 0. The minimum Gasteiger partial charge on any atom is -0.396 e. The van der Waals surface area contributed by atoms with Crippen molar-refractivity contribution in [3.8, 4) is 0 Å². The lowest BCUT2D eigenvalue weighted by Gasteiger charge is -2.34. The molecule has 116 valence electrons. The molecule has 4 heteroatoms. The Labute approximate surface area is 130 Å². The number of aromatic nitrogens is 2. The van der Waals surface area contributed by atoms with Crippen LogP contribution >= 0.6 is 0 Å². The fraction of sp³-hybridized carbons (Fsp3) is 0.556. The minimum absolute atomic E-state index is 0.0219. The average molecular weight is 298 g/mol. The van der Waals surface area contributed by atoms with Crippen molar-refractivity contribution < 1.29 is 9.90 Å². The van der Waals surface area contributed by atoms with Gasteiger partial charge in [-0.3, -0.25) is 4.79 Å². The van der Waals surface area contributed by atoms with Crippen LogP contribution < -0.4 is 0 Å². The largest absolute Gasteiger partial charge is 0.396 e. The normalized spacial score (nSPS) is 29.6. The minimum atomic E-state index is -0.437. The van der Waals surface area contributed by atoms with Gasteiger partial charge in [0.25, 0.3) is 0 Å². The summed E-state index contributed by atoms with van der Waals surface area (Å²) in [5, 5.41) is 9.09. The molecule has 2 aliphatic rings. The Morgan fingerprint density at radius 2 is 2.23 bits per heavy atom. The lowest BCUT2D eigenvalue weighted by Crippen LogP contribution is -2.41. The molecule has 1 heterocycles. The van der Waals surface area contributed by atoms with Gasteiger partial charge in [0.05, 0.1) is 16.4 Å². The highest BCUT2D eigenvalue weighted by Gasteiger charge is 2.66. The third kappa shape index (κ3) is 1.56. The number of benzene rings is 1. The molecule has 0 spiro atoms. The molecule has 0 aliphatic heterocycles. The second-order valence-corrected chi connectivity index (χ2v) is 7.40. The van der Waals surface area contributed by atoms with Crippen LogP contribution in [-0.4, -0.2) is 27.5 Å². The van der Waals surface area contributed by atoms with E-state index >= 15 is 0 Å². The number of aromatic amines is 1. The van der Waals surface area contributed by atoms with Gasteiger partial charge >= 0.3 is 0 Å². The molecule has 4 rings (SSSR count). The van der Waals surface area contributed by atoms with Crippen molar-refractivity contribution in [3.05, 3.63) is 29.6 Å². The van der Waals surface area contributed by atoms with E-state index in [0.717, 1.165) is 35.3 Å². The smallest absolute Gasteiger partial charge is 0.147 e. The van der Waals surface area contributed by atoms with E-state index < -0.39 is 5.41 Å². The van der Waals surface area contributed by atoms with Gasteiger partial charge in [0.15, 0.2) is 0 Å². The second-order valence-electron chi connectivity index (χ2n) is 7.40. The van der Waals surface area contributed by atoms with Gasteiger partial charge in [-0.05, 0) is 48.3 Å². The van der Waals surface area contributed by atoms with Crippen molar-refractivity contribution in [2.24, 2.45) is 11.3 Å². The Bertz CT molecular complexity index is 762. The summed E-state index contributed by atoms with van der Waals surface area (Å²) in [4.78, 5) is 20.9. The number of hydrogen-bond acceptors (Lipinski definition) is 3. The van der Waals surface area contributed by atoms with Crippen molar-refractivity contribution in [2.75, 3.05) is 6.61 Å². The number of carbonyl (C=O) groups excluding carboxylic acids is 1. The SMILES string of the molecule is CC1(C)C2CCC1(c1nc3ccc(CCO)cc3[nH]1)C(=O)C2. The van der Waals surface area contributed by atoms with Crippen LogP contribution in [0.25, 0.3) is 11.0 Å². The van der Waals surface area contributed by atoms with Gasteiger partial charge in [-0.15, -0.1) is 0 Å². The number of fused-ring (bicyclic) bond motifs is 3. The number of Topliss-reactive ketones (excluding diaryl/α,β-unsaturated/α-hetero) is 1. The molecule has 0 saturated heterocycles. The van der Waals surface area contributed by atoms with Gasteiger partial charge in [-0.1, -0.05) is 19.9 Å². The van der Waals surface area contributed by atoms with Crippen molar-refractivity contribution in [3.63, 3.8) is 0 Å². The first-order valence-electron chi connectivity index (χ1n) is 8.12. The van der Waals surface area contributed by atoms with E-state index in [1.54, 1.807) is 0 Å². The zero-order chi connectivity index (χ0) is 15.5. The van der Waals surface area contributed by atoms with Crippen LogP contribution in [0.4, 0.5) is 0 Å². The van der Waals surface area contributed by atoms with Crippen LogP contribution in [-0.2, 0) is 16.6 Å². The lowest BCUT2D eigenvalue weighted by atomic mass is 9.68. The lowest BCUT2D eigenvalue weighted by molar-refractivity contribution is -0.124. The fourth-order valence-electron chi connectivity index (χ4n) is 4.78. The van der Waals surface area contributed by atoms with Crippen molar-refractivity contribution in [2.45, 2.75) is 44.9 Å². The molecule has 22 heavy (non-hydrogen) atoms. The molecule has 0 amide bonds. The molecule has 1 aromatic heterocycles. The Kier molecular flexibility index (Phi) is 2.80. The van der Waals surface area contributed by atoms with E-state index in [1.165, 1.54) is 0 Å². The molecule has 2 bridgehead atoms. The molecule has 2 fully saturated rings. The summed E-state index contributed by atoms with van der Waals surface area (Å²) in [6.07, 6.45) is 3.36. The summed E-state index contributed by atoms with van der Waals surface area (Å²) in [6, 6.07) is 6.02. The summed E-state index contributed by atoms with van der Waals surface area (Å²) >= 11 is 0. The number of rotatable bonds is 3. The van der Waals surface area contributed by atoms with E-state index in [4.69, 9.17) is 10.1 Å². The summed E-state index contributed by atoms with van der Waals surface area (Å²) in [5.41, 5.74) is 2.50. The summed E-state index contributed by atoms with van der Waals surface area (Å²) in [7, 11) is 0. The maximum absolute atomic E-state index is 12.7. The van der Waals surface area contributed by atoms with Gasteiger partial charge in [0, 0.05) is 13.0 Å². The third-order valence-corrected chi connectivity index (χ3v) is 6.25. The number of H-pyrrole nitrogens is 1. The van der Waals surface area contributed by atoms with Gasteiger partial charge in [-0.25, -0.2) is 4.98 Å².